The van der Waals surface area contributed by atoms with Gasteiger partial charge in [-0.25, -0.2) is 9.18 Å². The summed E-state index contributed by atoms with van der Waals surface area (Å²) in [4.78, 5) is 26.1. The lowest BCUT2D eigenvalue weighted by Crippen LogP contribution is -2.64. The minimum absolute atomic E-state index is 0.0333. The molecule has 4 nitrogen and oxygen atoms in total. The summed E-state index contributed by atoms with van der Waals surface area (Å²) in [5.74, 6) is -0.462. The predicted molar refractivity (Wildman–Crippen MR) is 84.1 cm³/mol. The van der Waals surface area contributed by atoms with Crippen LogP contribution in [0.2, 0.25) is 0 Å². The molecule has 0 aromatic heterocycles. The maximum Gasteiger partial charge on any atom is 0.338 e. The Labute approximate surface area is 135 Å². The Morgan fingerprint density at radius 1 is 1.13 bits per heavy atom. The van der Waals surface area contributed by atoms with Crippen molar-refractivity contribution in [2.45, 2.75) is 45.4 Å². The van der Waals surface area contributed by atoms with Gasteiger partial charge in [0.05, 0.1) is 5.56 Å². The summed E-state index contributed by atoms with van der Waals surface area (Å²) in [5, 5.41) is 0. The molecule has 1 aromatic rings. The van der Waals surface area contributed by atoms with Gasteiger partial charge in [0.25, 0.3) is 5.91 Å². The van der Waals surface area contributed by atoms with E-state index < -0.39 is 17.7 Å². The number of benzene rings is 1. The molecule has 0 radical (unpaired) electrons. The summed E-state index contributed by atoms with van der Waals surface area (Å²) in [5.41, 5.74) is 0.458. The fourth-order valence-corrected chi connectivity index (χ4v) is 3.31. The smallest absolute Gasteiger partial charge is 0.338 e. The van der Waals surface area contributed by atoms with Gasteiger partial charge in [-0.1, -0.05) is 0 Å². The number of likely N-dealkylation sites (tertiary alicyclic amines) is 1. The minimum atomic E-state index is -0.694. The molecule has 0 bridgehead atoms. The highest BCUT2D eigenvalue weighted by molar-refractivity contribution is 5.96. The first-order valence-corrected chi connectivity index (χ1v) is 7.94. The van der Waals surface area contributed by atoms with Crippen LogP contribution in [-0.4, -0.2) is 41.6 Å². The highest BCUT2D eigenvalue weighted by Crippen LogP contribution is 2.49. The van der Waals surface area contributed by atoms with E-state index in [2.05, 4.69) is 0 Å². The van der Waals surface area contributed by atoms with Crippen molar-refractivity contribution in [1.82, 2.24) is 4.90 Å². The number of nitrogens with zero attached hydrogens (tertiary/aromatic N) is 1. The molecule has 1 saturated heterocycles. The van der Waals surface area contributed by atoms with Crippen LogP contribution in [0.4, 0.5) is 4.39 Å². The number of alkyl halides is 1. The number of hydrogen-bond donors (Lipinski definition) is 0. The molecule has 5 heteroatoms. The molecular formula is C18H22FNO3. The van der Waals surface area contributed by atoms with Gasteiger partial charge in [-0.05, 0) is 57.9 Å². The van der Waals surface area contributed by atoms with E-state index in [1.165, 1.54) is 0 Å². The Morgan fingerprint density at radius 2 is 1.65 bits per heavy atom. The van der Waals surface area contributed by atoms with E-state index in [0.29, 0.717) is 37.1 Å². The van der Waals surface area contributed by atoms with Crippen molar-refractivity contribution < 1.29 is 18.7 Å². The van der Waals surface area contributed by atoms with Gasteiger partial charge in [0.15, 0.2) is 0 Å². The maximum atomic E-state index is 13.0. The number of amides is 1. The summed E-state index contributed by atoms with van der Waals surface area (Å²) in [7, 11) is 0. The standard InChI is InChI=1S/C18H22FNO3/c1-17(2,3)23-16(22)13-6-4-12(5-7-13)15(21)20-10-18(11-20)8-14(19)9-18/h4-7,14H,8-11H2,1-3H3. The van der Waals surface area contributed by atoms with Crippen LogP contribution in [0.1, 0.15) is 54.3 Å². The first kappa shape index (κ1) is 16.0. The highest BCUT2D eigenvalue weighted by atomic mass is 19.1. The summed E-state index contributed by atoms with van der Waals surface area (Å²) in [6.45, 7) is 6.71. The first-order chi connectivity index (χ1) is 10.7. The van der Waals surface area contributed by atoms with Crippen LogP contribution in [-0.2, 0) is 4.74 Å². The quantitative estimate of drug-likeness (QED) is 0.786. The number of carbonyl (C=O) groups excluding carboxylic acids is 2. The van der Waals surface area contributed by atoms with E-state index in [1.807, 2.05) is 20.8 Å². The van der Waals surface area contributed by atoms with E-state index >= 15 is 0 Å². The number of carbonyl (C=O) groups is 2. The van der Waals surface area contributed by atoms with Gasteiger partial charge >= 0.3 is 5.97 Å². The van der Waals surface area contributed by atoms with Crippen molar-refractivity contribution in [2.24, 2.45) is 5.41 Å². The van der Waals surface area contributed by atoms with Crippen molar-refractivity contribution in [2.75, 3.05) is 13.1 Å². The van der Waals surface area contributed by atoms with Gasteiger partial charge in [0.2, 0.25) is 0 Å². The van der Waals surface area contributed by atoms with Gasteiger partial charge in [-0.15, -0.1) is 0 Å². The van der Waals surface area contributed by atoms with Gasteiger partial charge < -0.3 is 9.64 Å². The van der Waals surface area contributed by atoms with Crippen molar-refractivity contribution in [1.29, 1.82) is 0 Å². The molecular weight excluding hydrogens is 297 g/mol. The minimum Gasteiger partial charge on any atom is -0.456 e. The average Bonchev–Trinajstić information content (AvgIpc) is 2.39. The highest BCUT2D eigenvalue weighted by Gasteiger charge is 2.54. The normalized spacial score (nSPS) is 19.9. The molecule has 1 spiro atoms. The fourth-order valence-electron chi connectivity index (χ4n) is 3.31. The van der Waals surface area contributed by atoms with Crippen molar-refractivity contribution in [3.8, 4) is 0 Å². The largest absolute Gasteiger partial charge is 0.456 e. The van der Waals surface area contributed by atoms with Crippen LogP contribution in [0.25, 0.3) is 0 Å². The van der Waals surface area contributed by atoms with Gasteiger partial charge in [0, 0.05) is 24.1 Å². The number of halogens is 1. The van der Waals surface area contributed by atoms with Gasteiger partial charge in [-0.3, -0.25) is 4.79 Å². The van der Waals surface area contributed by atoms with Crippen molar-refractivity contribution in [3.63, 3.8) is 0 Å². The molecule has 0 unspecified atom stereocenters. The zero-order valence-corrected chi connectivity index (χ0v) is 13.8. The molecule has 124 valence electrons. The number of hydrogen-bond acceptors (Lipinski definition) is 3. The molecule has 23 heavy (non-hydrogen) atoms. The molecule has 3 rings (SSSR count). The Morgan fingerprint density at radius 3 is 2.13 bits per heavy atom. The third-order valence-electron chi connectivity index (χ3n) is 4.42. The Hall–Kier alpha value is -1.91. The van der Waals surface area contributed by atoms with Gasteiger partial charge in [0.1, 0.15) is 11.8 Å². The lowest BCUT2D eigenvalue weighted by molar-refractivity contribution is -0.0851. The number of esters is 1. The molecule has 1 aliphatic heterocycles. The van der Waals surface area contributed by atoms with Crippen molar-refractivity contribution in [3.05, 3.63) is 35.4 Å². The Bertz CT molecular complexity index is 619. The molecule has 1 aromatic carbocycles. The summed E-state index contributed by atoms with van der Waals surface area (Å²) in [6, 6.07) is 6.51. The van der Waals surface area contributed by atoms with E-state index in [4.69, 9.17) is 4.74 Å². The fraction of sp³-hybridized carbons (Fsp3) is 0.556. The lowest BCUT2D eigenvalue weighted by Gasteiger charge is -2.57. The van der Waals surface area contributed by atoms with Gasteiger partial charge in [-0.2, -0.15) is 0 Å². The third kappa shape index (κ3) is 3.23. The monoisotopic (exact) mass is 319 g/mol. The van der Waals surface area contributed by atoms with Crippen LogP contribution in [0, 0.1) is 5.41 Å². The topological polar surface area (TPSA) is 46.6 Å². The second-order valence-electron chi connectivity index (χ2n) is 7.75. The molecule has 0 N–H and O–H groups in total. The SMILES string of the molecule is CC(C)(C)OC(=O)c1ccc(C(=O)N2CC3(CC(F)C3)C2)cc1. The van der Waals surface area contributed by atoms with Crippen LogP contribution in [0.5, 0.6) is 0 Å². The molecule has 2 fully saturated rings. The molecule has 2 aliphatic rings. The predicted octanol–water partition coefficient (Wildman–Crippen LogP) is 3.22. The summed E-state index contributed by atoms with van der Waals surface area (Å²) < 4.78 is 18.3. The lowest BCUT2D eigenvalue weighted by atomic mass is 9.62. The molecule has 1 amide bonds. The van der Waals surface area contributed by atoms with E-state index in [9.17, 15) is 14.0 Å². The zero-order valence-electron chi connectivity index (χ0n) is 13.8. The Balaban J connectivity index is 1.59. The van der Waals surface area contributed by atoms with E-state index in [0.717, 1.165) is 0 Å². The molecule has 1 heterocycles. The second-order valence-corrected chi connectivity index (χ2v) is 7.75. The second kappa shape index (κ2) is 5.32. The molecule has 1 aliphatic carbocycles. The Kier molecular flexibility index (Phi) is 3.69. The van der Waals surface area contributed by atoms with Crippen LogP contribution < -0.4 is 0 Å². The third-order valence-corrected chi connectivity index (χ3v) is 4.42. The van der Waals surface area contributed by atoms with Crippen LogP contribution >= 0.6 is 0 Å². The maximum absolute atomic E-state index is 13.0. The zero-order chi connectivity index (χ0) is 16.8. The first-order valence-electron chi connectivity index (χ1n) is 7.94. The molecule has 1 saturated carbocycles. The van der Waals surface area contributed by atoms with E-state index in [-0.39, 0.29) is 11.3 Å². The summed E-state index contributed by atoms with van der Waals surface area (Å²) in [6.07, 6.45) is 0.461. The van der Waals surface area contributed by atoms with E-state index in [1.54, 1.807) is 29.2 Å². The number of ether oxygens (including phenoxy) is 1. The van der Waals surface area contributed by atoms with Crippen LogP contribution in [0.3, 0.4) is 0 Å². The van der Waals surface area contributed by atoms with Crippen molar-refractivity contribution >= 4 is 11.9 Å². The molecule has 0 atom stereocenters. The van der Waals surface area contributed by atoms with Crippen LogP contribution in [0.15, 0.2) is 24.3 Å². The average molecular weight is 319 g/mol. The summed E-state index contributed by atoms with van der Waals surface area (Å²) >= 11 is 0. The number of rotatable bonds is 2.